The van der Waals surface area contributed by atoms with Gasteiger partial charge >= 0.3 is 5.97 Å². The minimum atomic E-state index is -0.877. The largest absolute Gasteiger partial charge is 0.481 e. The highest BCUT2D eigenvalue weighted by molar-refractivity contribution is 5.81. The third-order valence-electron chi connectivity index (χ3n) is 3.10. The van der Waals surface area contributed by atoms with Gasteiger partial charge in [-0.05, 0) is 18.4 Å². The third kappa shape index (κ3) is 5.40. The molecule has 0 bridgehead atoms. The Hall–Kier alpha value is -1.88. The number of hydrogen-bond donors (Lipinski definition) is 3. The predicted octanol–water partition coefficient (Wildman–Crippen LogP) is 1.84. The molecule has 0 aliphatic carbocycles. The van der Waals surface area contributed by atoms with Crippen molar-refractivity contribution in [2.24, 2.45) is 5.73 Å². The fourth-order valence-electron chi connectivity index (χ4n) is 2.00. The predicted molar refractivity (Wildman–Crippen MR) is 77.1 cm³/mol. The molecule has 1 aromatic carbocycles. The molecule has 5 nitrogen and oxygen atoms in total. The van der Waals surface area contributed by atoms with Crippen LogP contribution in [0.3, 0.4) is 0 Å². The van der Waals surface area contributed by atoms with Crippen LogP contribution in [0.25, 0.3) is 0 Å². The van der Waals surface area contributed by atoms with Crippen molar-refractivity contribution in [3.63, 3.8) is 0 Å². The number of amides is 1. The summed E-state index contributed by atoms with van der Waals surface area (Å²) < 4.78 is 0. The van der Waals surface area contributed by atoms with Crippen LogP contribution in [0.15, 0.2) is 30.3 Å². The molecule has 110 valence electrons. The summed E-state index contributed by atoms with van der Waals surface area (Å²) in [5.74, 6) is -1.11. The molecule has 0 fully saturated rings. The van der Waals surface area contributed by atoms with Crippen LogP contribution >= 0.6 is 0 Å². The summed E-state index contributed by atoms with van der Waals surface area (Å²) in [6.07, 6.45) is 1.80. The van der Waals surface area contributed by atoms with Crippen molar-refractivity contribution in [2.45, 2.75) is 44.7 Å². The molecule has 0 aliphatic rings. The van der Waals surface area contributed by atoms with E-state index in [1.807, 2.05) is 37.3 Å². The van der Waals surface area contributed by atoms with Gasteiger partial charge in [0.25, 0.3) is 0 Å². The van der Waals surface area contributed by atoms with Crippen molar-refractivity contribution in [2.75, 3.05) is 0 Å². The summed E-state index contributed by atoms with van der Waals surface area (Å²) in [5, 5.41) is 11.6. The molecule has 2 atom stereocenters. The molecule has 0 heterocycles. The lowest BCUT2D eigenvalue weighted by molar-refractivity contribution is -0.137. The van der Waals surface area contributed by atoms with Crippen molar-refractivity contribution < 1.29 is 14.7 Å². The molecule has 1 amide bonds. The summed E-state index contributed by atoms with van der Waals surface area (Å²) >= 11 is 0. The van der Waals surface area contributed by atoms with E-state index in [0.29, 0.717) is 12.8 Å². The lowest BCUT2D eigenvalue weighted by Gasteiger charge is -2.21. The Labute approximate surface area is 119 Å². The van der Waals surface area contributed by atoms with Gasteiger partial charge in [-0.1, -0.05) is 43.7 Å². The molecule has 0 aromatic heterocycles. The number of carbonyl (C=O) groups is 2. The molecule has 0 aliphatic heterocycles. The molecule has 20 heavy (non-hydrogen) atoms. The molecule has 1 aromatic rings. The van der Waals surface area contributed by atoms with Gasteiger partial charge in [-0.2, -0.15) is 0 Å². The van der Waals surface area contributed by atoms with E-state index >= 15 is 0 Å². The quantitative estimate of drug-likeness (QED) is 0.676. The highest BCUT2D eigenvalue weighted by atomic mass is 16.4. The first-order valence-electron chi connectivity index (χ1n) is 6.87. The maximum atomic E-state index is 12.0. The van der Waals surface area contributed by atoms with Crippen molar-refractivity contribution in [1.29, 1.82) is 0 Å². The van der Waals surface area contributed by atoms with Crippen LogP contribution < -0.4 is 11.1 Å². The van der Waals surface area contributed by atoms with E-state index in [-0.39, 0.29) is 18.4 Å². The van der Waals surface area contributed by atoms with E-state index in [4.69, 9.17) is 10.8 Å². The zero-order chi connectivity index (χ0) is 15.0. The molecule has 0 saturated heterocycles. The maximum absolute atomic E-state index is 12.0. The molecular weight excluding hydrogens is 256 g/mol. The molecule has 5 heteroatoms. The molecule has 0 saturated carbocycles. The number of aliphatic carboxylic acids is 1. The van der Waals surface area contributed by atoms with Crippen LogP contribution in [0.4, 0.5) is 0 Å². The molecule has 1 rings (SSSR count). The first-order valence-corrected chi connectivity index (χ1v) is 6.87. The summed E-state index contributed by atoms with van der Waals surface area (Å²) in [7, 11) is 0. The van der Waals surface area contributed by atoms with E-state index in [9.17, 15) is 9.59 Å². The van der Waals surface area contributed by atoms with Crippen molar-refractivity contribution in [3.8, 4) is 0 Å². The van der Waals surface area contributed by atoms with Gasteiger partial charge in [-0.25, -0.2) is 0 Å². The number of carbonyl (C=O) groups excluding carboxylic acids is 1. The Bertz CT molecular complexity index is 434. The van der Waals surface area contributed by atoms with E-state index < -0.39 is 12.0 Å². The standard InChI is InChI=1S/C15H22N2O3/c1-2-6-12(16)15(20)17-13(9-10-14(18)19)11-7-4-3-5-8-11/h3-5,7-8,12-13H,2,6,9-10,16H2,1H3,(H,17,20)(H,18,19)/t12-,13?/m1/s1. The van der Waals surface area contributed by atoms with E-state index in [1.54, 1.807) is 0 Å². The summed E-state index contributed by atoms with van der Waals surface area (Å²) in [6.45, 7) is 1.96. The Morgan fingerprint density at radius 3 is 2.45 bits per heavy atom. The average Bonchev–Trinajstić information content (AvgIpc) is 2.44. The molecule has 0 radical (unpaired) electrons. The minimum absolute atomic E-state index is 0.00283. The van der Waals surface area contributed by atoms with Gasteiger partial charge in [-0.15, -0.1) is 0 Å². The summed E-state index contributed by atoms with van der Waals surface area (Å²) in [6, 6.07) is 8.49. The highest BCUT2D eigenvalue weighted by Gasteiger charge is 2.19. The van der Waals surface area contributed by atoms with Crippen molar-refractivity contribution >= 4 is 11.9 Å². The number of carboxylic acid groups (broad SMARTS) is 1. The number of benzene rings is 1. The number of hydrogen-bond acceptors (Lipinski definition) is 3. The second-order valence-electron chi connectivity index (χ2n) is 4.80. The smallest absolute Gasteiger partial charge is 0.303 e. The van der Waals surface area contributed by atoms with Gasteiger partial charge in [0.15, 0.2) is 0 Å². The average molecular weight is 278 g/mol. The monoisotopic (exact) mass is 278 g/mol. The Morgan fingerprint density at radius 2 is 1.90 bits per heavy atom. The summed E-state index contributed by atoms with van der Waals surface area (Å²) in [5.41, 5.74) is 6.68. The van der Waals surface area contributed by atoms with Gasteiger partial charge in [-0.3, -0.25) is 9.59 Å². The van der Waals surface area contributed by atoms with Gasteiger partial charge in [0.1, 0.15) is 0 Å². The number of nitrogens with two attached hydrogens (primary N) is 1. The number of nitrogens with one attached hydrogen (secondary N) is 1. The normalized spacial score (nSPS) is 13.5. The van der Waals surface area contributed by atoms with Gasteiger partial charge in [0, 0.05) is 6.42 Å². The third-order valence-corrected chi connectivity index (χ3v) is 3.10. The van der Waals surface area contributed by atoms with E-state index in [2.05, 4.69) is 5.32 Å². The van der Waals surface area contributed by atoms with Crippen LogP contribution in [0, 0.1) is 0 Å². The minimum Gasteiger partial charge on any atom is -0.481 e. The topological polar surface area (TPSA) is 92.4 Å². The molecule has 1 unspecified atom stereocenters. The van der Waals surface area contributed by atoms with Gasteiger partial charge in [0.2, 0.25) is 5.91 Å². The maximum Gasteiger partial charge on any atom is 0.303 e. The number of rotatable bonds is 8. The fraction of sp³-hybridized carbons (Fsp3) is 0.467. The summed E-state index contributed by atoms with van der Waals surface area (Å²) in [4.78, 5) is 22.7. The van der Waals surface area contributed by atoms with Crippen LogP contribution in [0.2, 0.25) is 0 Å². The first-order chi connectivity index (χ1) is 9.54. The van der Waals surface area contributed by atoms with E-state index in [1.165, 1.54) is 0 Å². The fourth-order valence-corrected chi connectivity index (χ4v) is 2.00. The second kappa shape index (κ2) is 8.32. The zero-order valence-electron chi connectivity index (χ0n) is 11.7. The Kier molecular flexibility index (Phi) is 6.73. The van der Waals surface area contributed by atoms with Gasteiger partial charge < -0.3 is 16.2 Å². The first kappa shape index (κ1) is 16.2. The zero-order valence-corrected chi connectivity index (χ0v) is 11.7. The highest BCUT2D eigenvalue weighted by Crippen LogP contribution is 2.18. The van der Waals surface area contributed by atoms with Crippen molar-refractivity contribution in [1.82, 2.24) is 5.32 Å². The lowest BCUT2D eigenvalue weighted by atomic mass is 10.0. The van der Waals surface area contributed by atoms with Gasteiger partial charge in [0.05, 0.1) is 12.1 Å². The van der Waals surface area contributed by atoms with Crippen LogP contribution in [0.1, 0.15) is 44.2 Å². The molecule has 0 spiro atoms. The second-order valence-corrected chi connectivity index (χ2v) is 4.80. The van der Waals surface area contributed by atoms with E-state index in [0.717, 1.165) is 12.0 Å². The lowest BCUT2D eigenvalue weighted by Crippen LogP contribution is -2.42. The molecule has 4 N–H and O–H groups in total. The van der Waals surface area contributed by atoms with Crippen molar-refractivity contribution in [3.05, 3.63) is 35.9 Å². The Balaban J connectivity index is 2.72. The SMILES string of the molecule is CCC[C@@H](N)C(=O)NC(CCC(=O)O)c1ccccc1. The number of carboxylic acids is 1. The Morgan fingerprint density at radius 1 is 1.25 bits per heavy atom. The van der Waals surface area contributed by atoms with Crippen LogP contribution in [-0.2, 0) is 9.59 Å². The van der Waals surface area contributed by atoms with Crippen LogP contribution in [0.5, 0.6) is 0 Å². The van der Waals surface area contributed by atoms with Crippen LogP contribution in [-0.4, -0.2) is 23.0 Å². The molecular formula is C15H22N2O3.